The molecule has 0 amide bonds. The molecule has 8 bridgehead atoms. The summed E-state index contributed by atoms with van der Waals surface area (Å²) in [7, 11) is 0. The molecule has 0 unspecified atom stereocenters. The van der Waals surface area contributed by atoms with Crippen LogP contribution >= 0.6 is 0 Å². The number of aromatic nitrogens is 4. The van der Waals surface area contributed by atoms with Crippen LogP contribution in [-0.2, 0) is 23.7 Å². The molecule has 0 aliphatic carbocycles. The highest BCUT2D eigenvalue weighted by Gasteiger charge is 2.33. The lowest BCUT2D eigenvalue weighted by Gasteiger charge is -2.17. The second-order valence-electron chi connectivity index (χ2n) is 14.1. The van der Waals surface area contributed by atoms with Gasteiger partial charge in [0.05, 0.1) is 22.4 Å². The van der Waals surface area contributed by atoms with Crippen molar-refractivity contribution in [2.75, 3.05) is 0 Å². The van der Waals surface area contributed by atoms with E-state index in [1.165, 1.54) is 44.5 Å². The zero-order valence-electron chi connectivity index (χ0n) is 27.2. The summed E-state index contributed by atoms with van der Waals surface area (Å²) in [5.74, 6) is 0. The topological polar surface area (TPSA) is 57.4 Å². The molecule has 2 aromatic carbocycles. The van der Waals surface area contributed by atoms with Crippen molar-refractivity contribution >= 4 is 22.1 Å². The Morgan fingerprint density at radius 2 is 0.886 bits per heavy atom. The Labute approximate surface area is 260 Å². The SMILES string of the molecule is Cc1c(C)c2[nH]c1cc1nc(c(-c3ccccc3)c3[nH]c(cc4nc(c2-c2ccccc2)CC4(C)C)c(C)c3C)CC1(C)C. The Bertz CT molecular complexity index is 1940. The minimum Gasteiger partial charge on any atom is -0.354 e. The summed E-state index contributed by atoms with van der Waals surface area (Å²) in [5.41, 5.74) is 18.5. The van der Waals surface area contributed by atoms with Crippen LogP contribution in [0.3, 0.4) is 0 Å². The van der Waals surface area contributed by atoms with Gasteiger partial charge >= 0.3 is 0 Å². The van der Waals surface area contributed by atoms with E-state index in [0.29, 0.717) is 0 Å². The van der Waals surface area contributed by atoms with Crippen LogP contribution in [0, 0.1) is 27.7 Å². The summed E-state index contributed by atoms with van der Waals surface area (Å²) in [6.45, 7) is 18.2. The lowest BCUT2D eigenvalue weighted by molar-refractivity contribution is 0.543. The summed E-state index contributed by atoms with van der Waals surface area (Å²) >= 11 is 0. The zero-order chi connectivity index (χ0) is 31.0. The first-order chi connectivity index (χ1) is 20.9. The van der Waals surface area contributed by atoms with Crippen LogP contribution in [0.25, 0.3) is 44.3 Å². The van der Waals surface area contributed by atoms with Gasteiger partial charge in [-0.25, -0.2) is 0 Å². The fourth-order valence-electron chi connectivity index (χ4n) is 7.04. The van der Waals surface area contributed by atoms with Crippen molar-refractivity contribution < 1.29 is 0 Å². The van der Waals surface area contributed by atoms with E-state index in [1.54, 1.807) is 0 Å². The van der Waals surface area contributed by atoms with Gasteiger partial charge in [0.25, 0.3) is 0 Å². The van der Waals surface area contributed by atoms with Gasteiger partial charge in [0.2, 0.25) is 0 Å². The first-order valence-electron chi connectivity index (χ1n) is 15.8. The van der Waals surface area contributed by atoms with Crippen LogP contribution in [0.4, 0.5) is 0 Å². The van der Waals surface area contributed by atoms with Crippen LogP contribution in [0.2, 0.25) is 0 Å². The number of rotatable bonds is 2. The standard InChI is InChI=1S/C40H42N4/c1-23-25(3)37-35(27-15-11-9-12-16-27)31-21-40(7,8)34(42-31)20-30-24(2)26(4)38(44-30)36(28-17-13-10-14-18-28)32-22-39(5,6)33(41-32)19-29(23)43-37/h9-20,43-44H,21-22H2,1-8H3. The van der Waals surface area contributed by atoms with Gasteiger partial charge in [0.15, 0.2) is 0 Å². The molecule has 0 saturated carbocycles. The maximum absolute atomic E-state index is 5.43. The Balaban J connectivity index is 1.72. The summed E-state index contributed by atoms with van der Waals surface area (Å²) < 4.78 is 0. The van der Waals surface area contributed by atoms with Crippen molar-refractivity contribution in [3.63, 3.8) is 0 Å². The van der Waals surface area contributed by atoms with Crippen LogP contribution in [0.5, 0.6) is 0 Å². The fourth-order valence-corrected chi connectivity index (χ4v) is 7.04. The van der Waals surface area contributed by atoms with Gasteiger partial charge < -0.3 is 9.97 Å². The molecule has 4 nitrogen and oxygen atoms in total. The molecule has 0 atom stereocenters. The Morgan fingerprint density at radius 3 is 1.25 bits per heavy atom. The van der Waals surface area contributed by atoms with E-state index in [2.05, 4.69) is 138 Å². The number of hydrogen-bond donors (Lipinski definition) is 2. The minimum atomic E-state index is -0.117. The highest BCUT2D eigenvalue weighted by molar-refractivity contribution is 5.90. The van der Waals surface area contributed by atoms with Crippen molar-refractivity contribution in [3.8, 4) is 22.3 Å². The lowest BCUT2D eigenvalue weighted by atomic mass is 9.85. The van der Waals surface area contributed by atoms with Crippen molar-refractivity contribution in [1.82, 2.24) is 19.9 Å². The van der Waals surface area contributed by atoms with Crippen molar-refractivity contribution in [3.05, 3.63) is 118 Å². The van der Waals surface area contributed by atoms with Crippen molar-refractivity contribution in [1.29, 1.82) is 0 Å². The smallest absolute Gasteiger partial charge is 0.0515 e. The Hall–Kier alpha value is -4.44. The van der Waals surface area contributed by atoms with Gasteiger partial charge in [-0.2, -0.15) is 0 Å². The third-order valence-corrected chi connectivity index (χ3v) is 10.1. The van der Waals surface area contributed by atoms with E-state index < -0.39 is 0 Å². The van der Waals surface area contributed by atoms with Gasteiger partial charge in [-0.3, -0.25) is 9.97 Å². The molecule has 44 heavy (non-hydrogen) atoms. The second kappa shape index (κ2) is 10.1. The van der Waals surface area contributed by atoms with E-state index >= 15 is 0 Å². The van der Waals surface area contributed by atoms with E-state index in [1.807, 2.05) is 0 Å². The largest absolute Gasteiger partial charge is 0.354 e. The van der Waals surface area contributed by atoms with Gasteiger partial charge in [0.1, 0.15) is 0 Å². The van der Waals surface area contributed by atoms with Crippen molar-refractivity contribution in [2.45, 2.75) is 79.1 Å². The van der Waals surface area contributed by atoms with E-state index in [9.17, 15) is 0 Å². The third kappa shape index (κ3) is 4.51. The summed E-state index contributed by atoms with van der Waals surface area (Å²) in [6, 6.07) is 26.1. The molecular formula is C40H42N4. The number of H-pyrrole nitrogens is 2. The predicted molar refractivity (Wildman–Crippen MR) is 184 cm³/mol. The normalized spacial score (nSPS) is 15.5. The third-order valence-electron chi connectivity index (χ3n) is 10.1. The van der Waals surface area contributed by atoms with E-state index in [0.717, 1.165) is 57.7 Å². The minimum absolute atomic E-state index is 0.117. The quantitative estimate of drug-likeness (QED) is 0.219. The number of aromatic amines is 2. The first-order valence-corrected chi connectivity index (χ1v) is 15.8. The van der Waals surface area contributed by atoms with E-state index in [-0.39, 0.29) is 10.8 Å². The summed E-state index contributed by atoms with van der Waals surface area (Å²) in [6.07, 6.45) is 1.73. The number of nitrogens with zero attached hydrogens (tertiary/aromatic N) is 2. The molecule has 5 heterocycles. The average Bonchev–Trinajstić information content (AvgIpc) is 3.64. The number of benzene rings is 2. The van der Waals surface area contributed by atoms with Crippen LogP contribution in [0.15, 0.2) is 72.8 Å². The molecule has 2 aliphatic heterocycles. The molecule has 0 radical (unpaired) electrons. The average molecular weight is 579 g/mol. The highest BCUT2D eigenvalue weighted by Crippen LogP contribution is 2.41. The fraction of sp³-hybridized carbons (Fsp3) is 0.300. The van der Waals surface area contributed by atoms with Gasteiger partial charge in [0, 0.05) is 57.2 Å². The first kappa shape index (κ1) is 28.3. The van der Waals surface area contributed by atoms with Crippen LogP contribution in [-0.4, -0.2) is 19.9 Å². The van der Waals surface area contributed by atoms with E-state index in [4.69, 9.17) is 9.97 Å². The zero-order valence-corrected chi connectivity index (χ0v) is 27.2. The molecule has 5 aromatic rings. The summed E-state index contributed by atoms with van der Waals surface area (Å²) in [5, 5.41) is 0. The summed E-state index contributed by atoms with van der Waals surface area (Å²) in [4.78, 5) is 18.6. The maximum atomic E-state index is 5.43. The monoisotopic (exact) mass is 578 g/mol. The molecule has 0 fully saturated rings. The molecule has 0 spiro atoms. The van der Waals surface area contributed by atoms with Gasteiger partial charge in [-0.05, 0) is 73.2 Å². The highest BCUT2D eigenvalue weighted by atomic mass is 14.8. The van der Waals surface area contributed by atoms with Crippen molar-refractivity contribution in [2.24, 2.45) is 0 Å². The van der Waals surface area contributed by atoms with Crippen LogP contribution in [0.1, 0.15) is 72.7 Å². The Kier molecular flexibility index (Phi) is 6.47. The molecule has 7 rings (SSSR count). The van der Waals surface area contributed by atoms with Crippen LogP contribution < -0.4 is 0 Å². The maximum Gasteiger partial charge on any atom is 0.0515 e. The number of fused-ring (bicyclic) bond motifs is 8. The molecule has 3 aromatic heterocycles. The second-order valence-corrected chi connectivity index (χ2v) is 14.1. The molecule has 2 N–H and O–H groups in total. The Morgan fingerprint density at radius 1 is 0.523 bits per heavy atom. The lowest BCUT2D eigenvalue weighted by Crippen LogP contribution is -2.15. The molecule has 4 heteroatoms. The number of aryl methyl sites for hydroxylation is 4. The number of nitrogens with one attached hydrogen (secondary N) is 2. The van der Waals surface area contributed by atoms with Gasteiger partial charge in [-0.1, -0.05) is 88.4 Å². The van der Waals surface area contributed by atoms with Gasteiger partial charge in [-0.15, -0.1) is 0 Å². The number of hydrogen-bond acceptors (Lipinski definition) is 2. The molecule has 222 valence electrons. The molecule has 0 saturated heterocycles. The predicted octanol–water partition coefficient (Wildman–Crippen LogP) is 9.92. The molecular weight excluding hydrogens is 536 g/mol. The molecule has 2 aliphatic rings.